The number of ether oxygens (including phenoxy) is 1. The molecule has 27 heavy (non-hydrogen) atoms. The first kappa shape index (κ1) is 19.5. The monoisotopic (exact) mass is 390 g/mol. The highest BCUT2D eigenvalue weighted by Crippen LogP contribution is 2.32. The third-order valence-electron chi connectivity index (χ3n) is 4.25. The molecule has 0 spiro atoms. The maximum absolute atomic E-state index is 14.3. The minimum absolute atomic E-state index is 0.205. The lowest BCUT2D eigenvalue weighted by atomic mass is 10.00. The molecule has 0 fully saturated rings. The summed E-state index contributed by atoms with van der Waals surface area (Å²) < 4.78 is 33.6. The van der Waals surface area contributed by atoms with Crippen molar-refractivity contribution < 1.29 is 13.5 Å². The number of benzene rings is 1. The van der Waals surface area contributed by atoms with Crippen molar-refractivity contribution in [1.82, 2.24) is 9.97 Å². The van der Waals surface area contributed by atoms with Crippen LogP contribution < -0.4 is 4.74 Å². The molecule has 2 aromatic heterocycles. The average molecular weight is 391 g/mol. The molecule has 0 saturated carbocycles. The summed E-state index contributed by atoms with van der Waals surface area (Å²) in [5, 5.41) is 0.415. The lowest BCUT2D eigenvalue weighted by molar-refractivity contribution is 0.238. The van der Waals surface area contributed by atoms with Crippen LogP contribution in [0.1, 0.15) is 27.2 Å². The van der Waals surface area contributed by atoms with E-state index in [0.717, 1.165) is 12.5 Å². The number of rotatable bonds is 6. The second-order valence-electron chi connectivity index (χ2n) is 7.17. The zero-order valence-corrected chi connectivity index (χ0v) is 16.2. The quantitative estimate of drug-likeness (QED) is 0.464. The predicted octanol–water partition coefficient (Wildman–Crippen LogP) is 6.29. The van der Waals surface area contributed by atoms with Gasteiger partial charge in [-0.2, -0.15) is 0 Å². The van der Waals surface area contributed by atoms with E-state index in [1.54, 1.807) is 18.2 Å². The average Bonchev–Trinajstić information content (AvgIpc) is 2.59. The molecule has 0 radical (unpaired) electrons. The van der Waals surface area contributed by atoms with Gasteiger partial charge in [0.05, 0.1) is 17.8 Å². The number of halogens is 3. The Bertz CT molecular complexity index is 962. The van der Waals surface area contributed by atoms with Crippen molar-refractivity contribution in [3.05, 3.63) is 53.3 Å². The van der Waals surface area contributed by atoms with Crippen LogP contribution in [0.4, 0.5) is 8.78 Å². The summed E-state index contributed by atoms with van der Waals surface area (Å²) in [7, 11) is 0. The van der Waals surface area contributed by atoms with Crippen molar-refractivity contribution in [2.24, 2.45) is 11.8 Å². The van der Waals surface area contributed by atoms with Crippen LogP contribution in [0.2, 0.25) is 5.15 Å². The smallest absolute Gasteiger partial charge is 0.171 e. The van der Waals surface area contributed by atoms with E-state index >= 15 is 0 Å². The van der Waals surface area contributed by atoms with Gasteiger partial charge in [0.1, 0.15) is 11.6 Å². The topological polar surface area (TPSA) is 35.0 Å². The van der Waals surface area contributed by atoms with Crippen LogP contribution in [-0.2, 0) is 0 Å². The van der Waals surface area contributed by atoms with E-state index in [9.17, 15) is 8.78 Å². The van der Waals surface area contributed by atoms with Gasteiger partial charge in [-0.1, -0.05) is 32.4 Å². The molecular weight excluding hydrogens is 370 g/mol. The van der Waals surface area contributed by atoms with Crippen molar-refractivity contribution in [1.29, 1.82) is 0 Å². The normalized spacial score (nSPS) is 12.6. The first-order valence-corrected chi connectivity index (χ1v) is 9.26. The summed E-state index contributed by atoms with van der Waals surface area (Å²) in [6.45, 7) is 7.01. The van der Waals surface area contributed by atoms with Crippen LogP contribution in [0.15, 0.2) is 36.5 Å². The molecule has 3 rings (SSSR count). The van der Waals surface area contributed by atoms with Crippen LogP contribution in [0.5, 0.6) is 5.75 Å². The molecule has 3 nitrogen and oxygen atoms in total. The van der Waals surface area contributed by atoms with Crippen molar-refractivity contribution in [3.63, 3.8) is 0 Å². The van der Waals surface area contributed by atoms with Crippen LogP contribution in [0.3, 0.4) is 0 Å². The Hall–Kier alpha value is -2.27. The molecule has 1 aromatic carbocycles. The fraction of sp³-hybridized carbons (Fsp3) is 0.333. The second-order valence-corrected chi connectivity index (χ2v) is 7.53. The van der Waals surface area contributed by atoms with E-state index in [1.807, 2.05) is 0 Å². The van der Waals surface area contributed by atoms with E-state index < -0.39 is 11.6 Å². The van der Waals surface area contributed by atoms with Crippen LogP contribution in [0.25, 0.3) is 22.2 Å². The van der Waals surface area contributed by atoms with Gasteiger partial charge in [-0.05, 0) is 36.5 Å². The molecule has 0 aliphatic carbocycles. The Kier molecular flexibility index (Phi) is 5.90. The summed E-state index contributed by atoms with van der Waals surface area (Å²) in [6, 6.07) is 7.10. The van der Waals surface area contributed by atoms with E-state index in [-0.39, 0.29) is 16.1 Å². The first-order chi connectivity index (χ1) is 12.8. The highest BCUT2D eigenvalue weighted by molar-refractivity contribution is 6.31. The molecular formula is C21H21ClF2N2O. The summed E-state index contributed by atoms with van der Waals surface area (Å²) in [6.07, 6.45) is 2.55. The number of aromatic nitrogens is 2. The molecule has 1 atom stereocenters. The lowest BCUT2D eigenvalue weighted by Crippen LogP contribution is -2.11. The molecule has 142 valence electrons. The number of hydrogen-bond acceptors (Lipinski definition) is 3. The largest absolute Gasteiger partial charge is 0.490 e. The highest BCUT2D eigenvalue weighted by atomic mass is 35.5. The summed E-state index contributed by atoms with van der Waals surface area (Å²) in [5.74, 6) is 0.123. The fourth-order valence-corrected chi connectivity index (χ4v) is 3.41. The minimum atomic E-state index is -0.686. The minimum Gasteiger partial charge on any atom is -0.490 e. The molecule has 0 bridgehead atoms. The van der Waals surface area contributed by atoms with Gasteiger partial charge in [0, 0.05) is 29.3 Å². The number of pyridine rings is 2. The van der Waals surface area contributed by atoms with Crippen LogP contribution in [0, 0.1) is 23.5 Å². The maximum Gasteiger partial charge on any atom is 0.171 e. The number of nitrogens with zero attached hydrogens (tertiary/aromatic N) is 2. The van der Waals surface area contributed by atoms with Gasteiger partial charge in [0.2, 0.25) is 0 Å². The molecule has 0 N–H and O–H groups in total. The SMILES string of the molecule is CC(C)C[C@H](C)COc1ccc(-c2ccnc3cc(F)cc(F)c23)nc1Cl. The molecule has 0 aliphatic rings. The first-order valence-electron chi connectivity index (χ1n) is 8.88. The van der Waals surface area contributed by atoms with Gasteiger partial charge in [0.25, 0.3) is 0 Å². The Morgan fingerprint density at radius 2 is 1.89 bits per heavy atom. The highest BCUT2D eigenvalue weighted by Gasteiger charge is 2.15. The molecule has 0 amide bonds. The van der Waals surface area contributed by atoms with E-state index in [1.165, 1.54) is 12.3 Å². The van der Waals surface area contributed by atoms with Gasteiger partial charge in [0.15, 0.2) is 10.9 Å². The number of fused-ring (bicyclic) bond motifs is 1. The molecule has 6 heteroatoms. The van der Waals surface area contributed by atoms with Gasteiger partial charge < -0.3 is 4.74 Å². The summed E-state index contributed by atoms with van der Waals surface area (Å²) in [5.41, 5.74) is 1.20. The molecule has 0 aliphatic heterocycles. The van der Waals surface area contributed by atoms with Crippen molar-refractivity contribution in [2.75, 3.05) is 6.61 Å². The van der Waals surface area contributed by atoms with Crippen LogP contribution >= 0.6 is 11.6 Å². The predicted molar refractivity (Wildman–Crippen MR) is 104 cm³/mol. The molecule has 2 heterocycles. The molecule has 0 saturated heterocycles. The maximum atomic E-state index is 14.3. The summed E-state index contributed by atoms with van der Waals surface area (Å²) in [4.78, 5) is 8.38. The molecule has 0 unspecified atom stereocenters. The zero-order chi connectivity index (χ0) is 19.6. The lowest BCUT2D eigenvalue weighted by Gasteiger charge is -2.16. The van der Waals surface area contributed by atoms with Crippen molar-refractivity contribution in [2.45, 2.75) is 27.2 Å². The van der Waals surface area contributed by atoms with Crippen LogP contribution in [-0.4, -0.2) is 16.6 Å². The Balaban J connectivity index is 1.89. The zero-order valence-electron chi connectivity index (χ0n) is 15.5. The Morgan fingerprint density at radius 1 is 1.11 bits per heavy atom. The van der Waals surface area contributed by atoms with Gasteiger partial charge in [-0.3, -0.25) is 4.98 Å². The van der Waals surface area contributed by atoms with Gasteiger partial charge in [-0.15, -0.1) is 0 Å². The Morgan fingerprint density at radius 3 is 2.59 bits per heavy atom. The molecule has 3 aromatic rings. The van der Waals surface area contributed by atoms with E-state index in [4.69, 9.17) is 16.3 Å². The summed E-state index contributed by atoms with van der Waals surface area (Å²) >= 11 is 6.28. The van der Waals surface area contributed by atoms with E-state index in [2.05, 4.69) is 30.7 Å². The van der Waals surface area contributed by atoms with E-state index in [0.29, 0.717) is 35.4 Å². The number of hydrogen-bond donors (Lipinski definition) is 0. The standard InChI is InChI=1S/C21H21ClF2N2O/c1-12(2)8-13(3)11-27-19-5-4-17(26-21(19)22)15-6-7-25-18-10-14(23)9-16(24)20(15)18/h4-7,9-10,12-13H,8,11H2,1-3H3/t13-/m0/s1. The third kappa shape index (κ3) is 4.53. The van der Waals surface area contributed by atoms with Crippen molar-refractivity contribution >= 4 is 22.5 Å². The fourth-order valence-electron chi connectivity index (χ4n) is 3.20. The van der Waals surface area contributed by atoms with Gasteiger partial charge >= 0.3 is 0 Å². The van der Waals surface area contributed by atoms with Gasteiger partial charge in [-0.25, -0.2) is 13.8 Å². The van der Waals surface area contributed by atoms with Crippen molar-refractivity contribution in [3.8, 4) is 17.0 Å². The third-order valence-corrected chi connectivity index (χ3v) is 4.52. The second kappa shape index (κ2) is 8.17. The Labute approximate surface area is 162 Å².